The first kappa shape index (κ1) is 15.1. The van der Waals surface area contributed by atoms with E-state index in [2.05, 4.69) is 5.32 Å². The van der Waals surface area contributed by atoms with Crippen LogP contribution in [-0.4, -0.2) is 17.5 Å². The summed E-state index contributed by atoms with van der Waals surface area (Å²) in [5.74, 6) is -0.458. The Labute approximate surface area is 131 Å². The zero-order valence-electron chi connectivity index (χ0n) is 13.9. The topological polar surface area (TPSA) is 55.4 Å². The van der Waals surface area contributed by atoms with Crippen LogP contribution in [0.3, 0.4) is 0 Å². The molecule has 2 bridgehead atoms. The van der Waals surface area contributed by atoms with E-state index in [9.17, 15) is 9.59 Å². The van der Waals surface area contributed by atoms with Crippen LogP contribution in [0.15, 0.2) is 18.2 Å². The van der Waals surface area contributed by atoms with E-state index in [0.29, 0.717) is 12.8 Å². The summed E-state index contributed by atoms with van der Waals surface area (Å²) in [6.45, 7) is 9.83. The highest BCUT2D eigenvalue weighted by Gasteiger charge is 2.75. The van der Waals surface area contributed by atoms with Crippen molar-refractivity contribution < 1.29 is 14.3 Å². The quantitative estimate of drug-likeness (QED) is 0.852. The van der Waals surface area contributed by atoms with Gasteiger partial charge in [-0.25, -0.2) is 0 Å². The lowest BCUT2D eigenvalue weighted by Gasteiger charge is -2.35. The van der Waals surface area contributed by atoms with Crippen LogP contribution < -0.4 is 5.32 Å². The Balaban J connectivity index is 1.96. The number of anilines is 1. The normalized spacial score (nSPS) is 32.0. The van der Waals surface area contributed by atoms with Gasteiger partial charge in [-0.1, -0.05) is 26.0 Å². The summed E-state index contributed by atoms with van der Waals surface area (Å²) in [5.41, 5.74) is 0.788. The number of rotatable bonds is 2. The molecule has 1 amide bonds. The van der Waals surface area contributed by atoms with Gasteiger partial charge in [-0.15, -0.1) is 0 Å². The summed E-state index contributed by atoms with van der Waals surface area (Å²) < 4.78 is 5.62. The molecule has 2 aliphatic rings. The number of hydrogen-bond acceptors (Lipinski definition) is 3. The molecule has 1 aromatic carbocycles. The highest BCUT2D eigenvalue weighted by atomic mass is 16.6. The van der Waals surface area contributed by atoms with Crippen molar-refractivity contribution in [2.75, 3.05) is 5.32 Å². The average Bonchev–Trinajstić information content (AvgIpc) is 2.74. The van der Waals surface area contributed by atoms with Crippen LogP contribution in [-0.2, 0) is 14.3 Å². The summed E-state index contributed by atoms with van der Waals surface area (Å²) in [4.78, 5) is 25.2. The van der Waals surface area contributed by atoms with Gasteiger partial charge in [0.05, 0.1) is 5.41 Å². The molecule has 2 atom stereocenters. The van der Waals surface area contributed by atoms with Gasteiger partial charge in [-0.2, -0.15) is 0 Å². The van der Waals surface area contributed by atoms with Crippen molar-refractivity contribution in [2.45, 2.75) is 53.1 Å². The highest BCUT2D eigenvalue weighted by molar-refractivity contribution is 6.03. The molecule has 4 heteroatoms. The van der Waals surface area contributed by atoms with Crippen molar-refractivity contribution in [3.63, 3.8) is 0 Å². The van der Waals surface area contributed by atoms with Gasteiger partial charge in [0.15, 0.2) is 5.60 Å². The Kier molecular flexibility index (Phi) is 2.97. The van der Waals surface area contributed by atoms with E-state index in [1.165, 1.54) is 0 Å². The first-order valence-corrected chi connectivity index (χ1v) is 7.77. The molecule has 0 spiro atoms. The third kappa shape index (κ3) is 1.58. The van der Waals surface area contributed by atoms with E-state index in [1.807, 2.05) is 52.8 Å². The van der Waals surface area contributed by atoms with E-state index >= 15 is 0 Å². The second kappa shape index (κ2) is 4.34. The maximum absolute atomic E-state index is 13.0. The minimum absolute atomic E-state index is 0.208. The molecule has 4 nitrogen and oxygen atoms in total. The molecule has 118 valence electrons. The van der Waals surface area contributed by atoms with Gasteiger partial charge >= 0.3 is 5.97 Å². The molecule has 0 aromatic heterocycles. The molecule has 0 unspecified atom stereocenters. The summed E-state index contributed by atoms with van der Waals surface area (Å²) in [5, 5.41) is 2.99. The van der Waals surface area contributed by atoms with Gasteiger partial charge in [0, 0.05) is 11.1 Å². The van der Waals surface area contributed by atoms with Crippen molar-refractivity contribution in [1.82, 2.24) is 0 Å². The van der Waals surface area contributed by atoms with Crippen molar-refractivity contribution in [2.24, 2.45) is 10.8 Å². The van der Waals surface area contributed by atoms with Crippen molar-refractivity contribution in [1.29, 1.82) is 0 Å². The van der Waals surface area contributed by atoms with Crippen LogP contribution in [0.2, 0.25) is 0 Å². The predicted octanol–water partition coefficient (Wildman–Crippen LogP) is 3.36. The third-order valence-electron chi connectivity index (χ3n) is 6.30. The van der Waals surface area contributed by atoms with Gasteiger partial charge in [0.2, 0.25) is 0 Å². The van der Waals surface area contributed by atoms with Crippen LogP contribution in [0.4, 0.5) is 5.69 Å². The number of ether oxygens (including phenoxy) is 1. The summed E-state index contributed by atoms with van der Waals surface area (Å²) >= 11 is 0. The largest absolute Gasteiger partial charge is 0.448 e. The molecule has 2 fully saturated rings. The van der Waals surface area contributed by atoms with E-state index < -0.39 is 16.4 Å². The number of fused-ring (bicyclic) bond motifs is 2. The van der Waals surface area contributed by atoms with Crippen LogP contribution in [0, 0.1) is 24.7 Å². The number of carbonyl (C=O) groups is 2. The fraction of sp³-hybridized carbons (Fsp3) is 0.556. The monoisotopic (exact) mass is 301 g/mol. The minimum Gasteiger partial charge on any atom is -0.448 e. The number of amides is 1. The fourth-order valence-electron chi connectivity index (χ4n) is 3.86. The first-order chi connectivity index (χ1) is 10.2. The molecule has 1 saturated carbocycles. The molecule has 0 radical (unpaired) electrons. The zero-order chi connectivity index (χ0) is 16.3. The molecule has 1 aliphatic heterocycles. The summed E-state index contributed by atoms with van der Waals surface area (Å²) in [6, 6.07) is 5.81. The molecular weight excluding hydrogens is 278 g/mol. The second-order valence-corrected chi connectivity index (χ2v) is 7.38. The third-order valence-corrected chi connectivity index (χ3v) is 6.30. The molecule has 1 aromatic rings. The predicted molar refractivity (Wildman–Crippen MR) is 84.5 cm³/mol. The lowest BCUT2D eigenvalue weighted by Crippen LogP contribution is -2.50. The molecule has 22 heavy (non-hydrogen) atoms. The Bertz CT molecular complexity index is 679. The smallest absolute Gasteiger partial charge is 0.313 e. The van der Waals surface area contributed by atoms with Crippen molar-refractivity contribution in [3.8, 4) is 0 Å². The van der Waals surface area contributed by atoms with Gasteiger partial charge in [-0.3, -0.25) is 9.59 Å². The summed E-state index contributed by atoms with van der Waals surface area (Å²) in [7, 11) is 0. The molecule has 1 N–H and O–H groups in total. The Morgan fingerprint density at radius 3 is 2.41 bits per heavy atom. The Morgan fingerprint density at radius 2 is 1.86 bits per heavy atom. The average molecular weight is 301 g/mol. The molecule has 1 heterocycles. The zero-order valence-corrected chi connectivity index (χ0v) is 13.9. The van der Waals surface area contributed by atoms with Crippen LogP contribution in [0.5, 0.6) is 0 Å². The number of hydrogen-bond donors (Lipinski definition) is 1. The van der Waals surface area contributed by atoms with Crippen molar-refractivity contribution >= 4 is 17.6 Å². The SMILES string of the molecule is Cc1cccc(NC(=O)[C@]23CC[C@@](C)(C(=O)O2)C3(C)C)c1C. The number of benzene rings is 1. The molecule has 1 saturated heterocycles. The van der Waals surface area contributed by atoms with Crippen LogP contribution in [0.1, 0.15) is 44.7 Å². The number of aryl methyl sites for hydroxylation is 1. The molecule has 3 rings (SSSR count). The molecular formula is C18H23NO3. The Morgan fingerprint density at radius 1 is 1.18 bits per heavy atom. The summed E-state index contributed by atoms with van der Waals surface area (Å²) in [6.07, 6.45) is 1.28. The van der Waals surface area contributed by atoms with Gasteiger partial charge in [-0.05, 0) is 50.8 Å². The second-order valence-electron chi connectivity index (χ2n) is 7.38. The van der Waals surface area contributed by atoms with E-state index in [1.54, 1.807) is 0 Å². The first-order valence-electron chi connectivity index (χ1n) is 7.77. The fourth-order valence-corrected chi connectivity index (χ4v) is 3.86. The van der Waals surface area contributed by atoms with Gasteiger partial charge in [0.25, 0.3) is 5.91 Å². The van der Waals surface area contributed by atoms with E-state index in [-0.39, 0.29) is 11.9 Å². The van der Waals surface area contributed by atoms with Gasteiger partial charge in [0.1, 0.15) is 0 Å². The van der Waals surface area contributed by atoms with E-state index in [4.69, 9.17) is 4.74 Å². The number of nitrogens with one attached hydrogen (secondary N) is 1. The Hall–Kier alpha value is -1.84. The van der Waals surface area contributed by atoms with Crippen molar-refractivity contribution in [3.05, 3.63) is 29.3 Å². The maximum atomic E-state index is 13.0. The number of carbonyl (C=O) groups excluding carboxylic acids is 2. The lowest BCUT2D eigenvalue weighted by molar-refractivity contribution is -0.165. The minimum atomic E-state index is -1.06. The number of esters is 1. The maximum Gasteiger partial charge on any atom is 0.313 e. The molecule has 1 aliphatic carbocycles. The lowest BCUT2D eigenvalue weighted by atomic mass is 9.66. The van der Waals surface area contributed by atoms with Crippen LogP contribution >= 0.6 is 0 Å². The van der Waals surface area contributed by atoms with E-state index in [0.717, 1.165) is 16.8 Å². The standard InChI is InChI=1S/C18H23NO3/c1-11-7-6-8-13(12(11)2)19-14(20)18-10-9-17(5,15(21)22-18)16(18,3)4/h6-8H,9-10H2,1-5H3,(H,19,20)/t17-,18-/m0/s1. The van der Waals surface area contributed by atoms with Gasteiger partial charge < -0.3 is 10.1 Å². The van der Waals surface area contributed by atoms with Crippen LogP contribution in [0.25, 0.3) is 0 Å². The highest BCUT2D eigenvalue weighted by Crippen LogP contribution is 2.65.